The summed E-state index contributed by atoms with van der Waals surface area (Å²) in [6.07, 6.45) is 12.2. The van der Waals surface area contributed by atoms with E-state index in [2.05, 4.69) is 86.7 Å². The van der Waals surface area contributed by atoms with Crippen LogP contribution in [-0.4, -0.2) is 0 Å². The molecular weight excluding hydrogens is 300 g/mol. The van der Waals surface area contributed by atoms with E-state index in [9.17, 15) is 0 Å². The molecule has 0 nitrogen and oxygen atoms in total. The van der Waals surface area contributed by atoms with Crippen LogP contribution in [0.15, 0.2) is 84.0 Å². The van der Waals surface area contributed by atoms with Crippen LogP contribution in [0.25, 0.3) is 11.1 Å². The van der Waals surface area contributed by atoms with Gasteiger partial charge in [0.05, 0.1) is 0 Å². The molecule has 0 heterocycles. The number of benzene rings is 2. The van der Waals surface area contributed by atoms with E-state index in [0.29, 0.717) is 0 Å². The standard InChI is InChI=1S/C25H24/c1-18-7-11-20(12-8-18)24-15-16-25(21-13-9-19(2)10-14-21)23-6-4-3-5-22(24)17-23/h3-14H,15-17H2,1-2H3. The van der Waals surface area contributed by atoms with Gasteiger partial charge in [-0.3, -0.25) is 0 Å². The maximum atomic E-state index is 2.30. The molecule has 0 radical (unpaired) electrons. The molecule has 0 heteroatoms. The van der Waals surface area contributed by atoms with E-state index in [1.54, 1.807) is 0 Å². The van der Waals surface area contributed by atoms with E-state index >= 15 is 0 Å². The Hall–Kier alpha value is -2.60. The van der Waals surface area contributed by atoms with Crippen molar-refractivity contribution in [3.05, 3.63) is 106 Å². The van der Waals surface area contributed by atoms with E-state index < -0.39 is 0 Å². The number of allylic oxidation sites excluding steroid dienone is 8. The van der Waals surface area contributed by atoms with E-state index in [-0.39, 0.29) is 0 Å². The summed E-state index contributed by atoms with van der Waals surface area (Å²) in [6, 6.07) is 18.0. The van der Waals surface area contributed by atoms with Crippen molar-refractivity contribution in [3.8, 4) is 0 Å². The number of rotatable bonds is 2. The van der Waals surface area contributed by atoms with Crippen LogP contribution < -0.4 is 0 Å². The van der Waals surface area contributed by atoms with Crippen molar-refractivity contribution in [1.29, 1.82) is 0 Å². The average molecular weight is 324 g/mol. The summed E-state index contributed by atoms with van der Waals surface area (Å²) in [4.78, 5) is 0. The van der Waals surface area contributed by atoms with Gasteiger partial charge < -0.3 is 0 Å². The zero-order valence-electron chi connectivity index (χ0n) is 15.0. The zero-order valence-corrected chi connectivity index (χ0v) is 15.0. The molecule has 0 amide bonds. The SMILES string of the molecule is Cc1ccc(C2=C3C=CC=CC(=C(c4ccc(C)cc4)CC2)C3)cc1. The number of fused-ring (bicyclic) bond motifs is 2. The Labute approximate surface area is 150 Å². The first-order valence-electron chi connectivity index (χ1n) is 9.13. The molecule has 124 valence electrons. The first-order valence-corrected chi connectivity index (χ1v) is 9.13. The van der Waals surface area contributed by atoms with Gasteiger partial charge in [0.15, 0.2) is 0 Å². The van der Waals surface area contributed by atoms with Crippen LogP contribution in [0.4, 0.5) is 0 Å². The quantitative estimate of drug-likeness (QED) is 0.568. The Bertz CT molecular complexity index is 820. The molecule has 25 heavy (non-hydrogen) atoms. The van der Waals surface area contributed by atoms with Crippen LogP contribution in [-0.2, 0) is 0 Å². The van der Waals surface area contributed by atoms with E-state index in [4.69, 9.17) is 0 Å². The van der Waals surface area contributed by atoms with Crippen molar-refractivity contribution in [1.82, 2.24) is 0 Å². The van der Waals surface area contributed by atoms with Gasteiger partial charge in [0, 0.05) is 0 Å². The predicted octanol–water partition coefficient (Wildman–Crippen LogP) is 6.82. The minimum Gasteiger partial charge on any atom is -0.0620 e. The molecule has 0 saturated carbocycles. The van der Waals surface area contributed by atoms with Crippen molar-refractivity contribution in [3.63, 3.8) is 0 Å². The van der Waals surface area contributed by atoms with Gasteiger partial charge in [-0.05, 0) is 66.5 Å². The third-order valence-corrected chi connectivity index (χ3v) is 5.29. The van der Waals surface area contributed by atoms with E-state index in [1.807, 2.05) is 0 Å². The van der Waals surface area contributed by atoms with Gasteiger partial charge in [0.2, 0.25) is 0 Å². The molecule has 0 N–H and O–H groups in total. The van der Waals surface area contributed by atoms with Crippen molar-refractivity contribution >= 4 is 11.1 Å². The van der Waals surface area contributed by atoms with Gasteiger partial charge in [-0.1, -0.05) is 84.0 Å². The highest BCUT2D eigenvalue weighted by Crippen LogP contribution is 2.40. The second-order valence-electron chi connectivity index (χ2n) is 7.13. The summed E-state index contributed by atoms with van der Waals surface area (Å²) >= 11 is 0. The minimum absolute atomic E-state index is 1.03. The van der Waals surface area contributed by atoms with Crippen LogP contribution in [0.1, 0.15) is 41.5 Å². The lowest BCUT2D eigenvalue weighted by Gasteiger charge is -2.12. The van der Waals surface area contributed by atoms with Gasteiger partial charge in [-0.15, -0.1) is 0 Å². The first-order chi connectivity index (χ1) is 12.2. The topological polar surface area (TPSA) is 0 Å². The van der Waals surface area contributed by atoms with Crippen LogP contribution in [0, 0.1) is 13.8 Å². The second kappa shape index (κ2) is 6.72. The fourth-order valence-electron chi connectivity index (χ4n) is 3.82. The van der Waals surface area contributed by atoms with E-state index in [1.165, 1.54) is 44.5 Å². The fraction of sp³-hybridized carbons (Fsp3) is 0.200. The lowest BCUT2D eigenvalue weighted by Crippen LogP contribution is -1.90. The number of aryl methyl sites for hydroxylation is 2. The molecule has 0 aromatic heterocycles. The van der Waals surface area contributed by atoms with Gasteiger partial charge in [0.1, 0.15) is 0 Å². The molecule has 2 aliphatic rings. The Morgan fingerprint density at radius 1 is 0.560 bits per heavy atom. The first kappa shape index (κ1) is 15.9. The van der Waals surface area contributed by atoms with Gasteiger partial charge >= 0.3 is 0 Å². The molecular formula is C25H24. The molecule has 2 aromatic carbocycles. The number of hydrogen-bond donors (Lipinski definition) is 0. The Morgan fingerprint density at radius 3 is 1.36 bits per heavy atom. The van der Waals surface area contributed by atoms with Gasteiger partial charge in [0.25, 0.3) is 0 Å². The van der Waals surface area contributed by atoms with Crippen LogP contribution in [0.2, 0.25) is 0 Å². The Balaban J connectivity index is 1.76. The lowest BCUT2D eigenvalue weighted by molar-refractivity contribution is 1.08. The van der Waals surface area contributed by atoms with Gasteiger partial charge in [-0.25, -0.2) is 0 Å². The van der Waals surface area contributed by atoms with Crippen LogP contribution >= 0.6 is 0 Å². The maximum absolute atomic E-state index is 2.30. The molecule has 4 rings (SSSR count). The molecule has 2 aliphatic carbocycles. The lowest BCUT2D eigenvalue weighted by atomic mass is 9.93. The average Bonchev–Trinajstić information content (AvgIpc) is 2.97. The molecule has 0 atom stereocenters. The number of hydrogen-bond acceptors (Lipinski definition) is 0. The van der Waals surface area contributed by atoms with Gasteiger partial charge in [-0.2, -0.15) is 0 Å². The van der Waals surface area contributed by atoms with E-state index in [0.717, 1.165) is 19.3 Å². The second-order valence-corrected chi connectivity index (χ2v) is 7.13. The fourth-order valence-corrected chi connectivity index (χ4v) is 3.82. The zero-order chi connectivity index (χ0) is 17.2. The Kier molecular flexibility index (Phi) is 4.28. The summed E-state index contributed by atoms with van der Waals surface area (Å²) in [5.74, 6) is 0. The largest absolute Gasteiger partial charge is 0.0620 e. The molecule has 2 aromatic rings. The maximum Gasteiger partial charge on any atom is -0.00199 e. The highest BCUT2D eigenvalue weighted by atomic mass is 14.2. The summed E-state index contributed by atoms with van der Waals surface area (Å²) in [5.41, 5.74) is 11.3. The normalized spacial score (nSPS) is 16.9. The highest BCUT2D eigenvalue weighted by Gasteiger charge is 2.18. The molecule has 2 bridgehead atoms. The molecule has 0 unspecified atom stereocenters. The summed E-state index contributed by atoms with van der Waals surface area (Å²) in [5, 5.41) is 0. The molecule has 0 saturated heterocycles. The van der Waals surface area contributed by atoms with Crippen LogP contribution in [0.3, 0.4) is 0 Å². The summed E-state index contributed by atoms with van der Waals surface area (Å²) in [7, 11) is 0. The van der Waals surface area contributed by atoms with Crippen molar-refractivity contribution in [2.45, 2.75) is 33.1 Å². The van der Waals surface area contributed by atoms with Crippen molar-refractivity contribution < 1.29 is 0 Å². The highest BCUT2D eigenvalue weighted by molar-refractivity contribution is 5.80. The van der Waals surface area contributed by atoms with Crippen molar-refractivity contribution in [2.75, 3.05) is 0 Å². The summed E-state index contributed by atoms with van der Waals surface area (Å²) in [6.45, 7) is 4.30. The smallest absolute Gasteiger partial charge is 0.00199 e. The third kappa shape index (κ3) is 3.30. The molecule has 0 fully saturated rings. The van der Waals surface area contributed by atoms with Crippen molar-refractivity contribution in [2.24, 2.45) is 0 Å². The third-order valence-electron chi connectivity index (χ3n) is 5.29. The molecule has 0 aliphatic heterocycles. The predicted molar refractivity (Wildman–Crippen MR) is 108 cm³/mol. The monoisotopic (exact) mass is 324 g/mol. The van der Waals surface area contributed by atoms with Crippen LogP contribution in [0.5, 0.6) is 0 Å². The minimum atomic E-state index is 1.03. The molecule has 0 spiro atoms. The summed E-state index contributed by atoms with van der Waals surface area (Å²) < 4.78 is 0. The Morgan fingerprint density at radius 2 is 0.960 bits per heavy atom.